The first kappa shape index (κ1) is 20.8. The van der Waals surface area contributed by atoms with E-state index in [2.05, 4.69) is 26.7 Å². The Morgan fingerprint density at radius 1 is 1.12 bits per heavy atom. The monoisotopic (exact) mass is 429 g/mol. The van der Waals surface area contributed by atoms with Crippen molar-refractivity contribution in [2.75, 3.05) is 24.8 Å². The minimum Gasteiger partial charge on any atom is -0.494 e. The van der Waals surface area contributed by atoms with Gasteiger partial charge >= 0.3 is 0 Å². The van der Waals surface area contributed by atoms with Gasteiger partial charge in [0.25, 0.3) is 0 Å². The lowest BCUT2D eigenvalue weighted by Gasteiger charge is -2.29. The third-order valence-electron chi connectivity index (χ3n) is 4.77. The zero-order valence-corrected chi connectivity index (χ0v) is 17.5. The summed E-state index contributed by atoms with van der Waals surface area (Å²) in [5.74, 6) is 0.984. The molecule has 1 aromatic heterocycles. The van der Waals surface area contributed by atoms with E-state index in [0.29, 0.717) is 34.2 Å². The van der Waals surface area contributed by atoms with E-state index in [1.807, 2.05) is 48.5 Å². The fourth-order valence-electron chi connectivity index (χ4n) is 3.15. The maximum absolute atomic E-state index is 13.2. The molecule has 1 aliphatic heterocycles. The summed E-state index contributed by atoms with van der Waals surface area (Å²) in [6.07, 6.45) is 5.62. The molecule has 4 rings (SSSR count). The minimum absolute atomic E-state index is 0.355. The van der Waals surface area contributed by atoms with Crippen molar-refractivity contribution in [3.8, 4) is 23.2 Å². The lowest BCUT2D eigenvalue weighted by atomic mass is 10.1. The Morgan fingerprint density at radius 2 is 1.88 bits per heavy atom. The number of halogens is 1. The van der Waals surface area contributed by atoms with E-state index < -0.39 is 5.82 Å². The Morgan fingerprint density at radius 3 is 2.56 bits per heavy atom. The number of para-hydroxylation sites is 1. The number of nitrogens with one attached hydrogen (secondary N) is 2. The number of amidine groups is 1. The van der Waals surface area contributed by atoms with E-state index in [-0.39, 0.29) is 6.29 Å². The second kappa shape index (κ2) is 9.14. The number of hydrogen-bond acceptors (Lipinski definition) is 8. The second-order valence-electron chi connectivity index (χ2n) is 6.94. The summed E-state index contributed by atoms with van der Waals surface area (Å²) < 4.78 is 18.8. The molecule has 0 bridgehead atoms. The Hall–Kier alpha value is -4.45. The van der Waals surface area contributed by atoms with Gasteiger partial charge in [0.05, 0.1) is 42.4 Å². The molecule has 1 atom stereocenters. The van der Waals surface area contributed by atoms with Gasteiger partial charge in [0.1, 0.15) is 5.84 Å². The van der Waals surface area contributed by atoms with Gasteiger partial charge in [-0.1, -0.05) is 6.07 Å². The molecule has 9 heteroatoms. The number of anilines is 2. The van der Waals surface area contributed by atoms with E-state index in [4.69, 9.17) is 15.0 Å². The highest BCUT2D eigenvalue weighted by Gasteiger charge is 2.18. The van der Waals surface area contributed by atoms with Crippen LogP contribution in [0.2, 0.25) is 0 Å². The molecule has 2 N–H and O–H groups in total. The molecular formula is C23H20FN7O. The molecule has 0 spiro atoms. The third kappa shape index (κ3) is 4.49. The first-order valence-electron chi connectivity index (χ1n) is 9.74. The zero-order valence-electron chi connectivity index (χ0n) is 17.5. The SMILES string of the molecule is COc1c(NC2=NC(Nc3ccc(C#N)cc3)N(C)C=C2)cccc1-c1ncc(F)cn1. The summed E-state index contributed by atoms with van der Waals surface area (Å²) >= 11 is 0. The molecule has 0 fully saturated rings. The van der Waals surface area contributed by atoms with Crippen molar-refractivity contribution in [2.45, 2.75) is 6.29 Å². The number of methoxy groups -OCH3 is 1. The minimum atomic E-state index is -0.506. The first-order chi connectivity index (χ1) is 15.6. The van der Waals surface area contributed by atoms with Crippen LogP contribution >= 0.6 is 0 Å². The van der Waals surface area contributed by atoms with E-state index >= 15 is 0 Å². The zero-order chi connectivity index (χ0) is 22.5. The molecule has 0 aliphatic carbocycles. The van der Waals surface area contributed by atoms with Gasteiger partial charge in [-0.05, 0) is 42.5 Å². The van der Waals surface area contributed by atoms with E-state index in [1.54, 1.807) is 25.3 Å². The molecule has 0 saturated carbocycles. The highest BCUT2D eigenvalue weighted by atomic mass is 19.1. The van der Waals surface area contributed by atoms with Crippen LogP contribution in [-0.4, -0.2) is 41.2 Å². The third-order valence-corrected chi connectivity index (χ3v) is 4.77. The molecule has 0 amide bonds. The van der Waals surface area contributed by atoms with Crippen LogP contribution in [0.5, 0.6) is 5.75 Å². The number of hydrogen-bond donors (Lipinski definition) is 2. The number of aliphatic imine (C=N–C) groups is 1. The normalized spacial score (nSPS) is 15.0. The maximum atomic E-state index is 13.2. The molecule has 0 radical (unpaired) electrons. The van der Waals surface area contributed by atoms with Crippen molar-refractivity contribution < 1.29 is 9.13 Å². The van der Waals surface area contributed by atoms with E-state index in [9.17, 15) is 4.39 Å². The van der Waals surface area contributed by atoms with E-state index in [0.717, 1.165) is 18.1 Å². The van der Waals surface area contributed by atoms with Gasteiger partial charge in [0.2, 0.25) is 0 Å². The van der Waals surface area contributed by atoms with Gasteiger partial charge in [0, 0.05) is 18.9 Å². The molecule has 8 nitrogen and oxygen atoms in total. The first-order valence-corrected chi connectivity index (χ1v) is 9.74. The lowest BCUT2D eigenvalue weighted by Crippen LogP contribution is -2.37. The number of aromatic nitrogens is 2. The summed E-state index contributed by atoms with van der Waals surface area (Å²) in [5, 5.41) is 15.6. The highest BCUT2D eigenvalue weighted by Crippen LogP contribution is 2.35. The van der Waals surface area contributed by atoms with Crippen LogP contribution in [0, 0.1) is 17.1 Å². The molecule has 3 aromatic rings. The fraction of sp³-hybridized carbons (Fsp3) is 0.130. The summed E-state index contributed by atoms with van der Waals surface area (Å²) in [5.41, 5.74) is 2.73. The van der Waals surface area contributed by atoms with Crippen molar-refractivity contribution >= 4 is 17.2 Å². The molecule has 2 heterocycles. The van der Waals surface area contributed by atoms with Crippen molar-refractivity contribution in [2.24, 2.45) is 4.99 Å². The number of nitriles is 1. The van der Waals surface area contributed by atoms with Crippen molar-refractivity contribution in [1.29, 1.82) is 5.26 Å². The molecule has 160 valence electrons. The van der Waals surface area contributed by atoms with Crippen LogP contribution in [0.15, 0.2) is 72.1 Å². The fourth-order valence-corrected chi connectivity index (χ4v) is 3.15. The molecule has 32 heavy (non-hydrogen) atoms. The Balaban J connectivity index is 1.58. The van der Waals surface area contributed by atoms with Crippen LogP contribution in [0.1, 0.15) is 5.56 Å². The predicted molar refractivity (Wildman–Crippen MR) is 121 cm³/mol. The average molecular weight is 429 g/mol. The molecule has 2 aromatic carbocycles. The Kier molecular flexibility index (Phi) is 5.94. The Labute approximate surface area is 184 Å². The largest absolute Gasteiger partial charge is 0.494 e. The molecule has 1 aliphatic rings. The second-order valence-corrected chi connectivity index (χ2v) is 6.94. The van der Waals surface area contributed by atoms with Crippen LogP contribution in [-0.2, 0) is 0 Å². The number of ether oxygens (including phenoxy) is 1. The Bertz CT molecular complexity index is 1200. The van der Waals surface area contributed by atoms with Gasteiger partial charge in [0.15, 0.2) is 23.7 Å². The summed E-state index contributed by atoms with van der Waals surface area (Å²) in [6, 6.07) is 14.8. The van der Waals surface area contributed by atoms with Crippen molar-refractivity contribution in [3.05, 3.63) is 78.5 Å². The van der Waals surface area contributed by atoms with Crippen LogP contribution in [0.3, 0.4) is 0 Å². The van der Waals surface area contributed by atoms with E-state index in [1.165, 1.54) is 0 Å². The van der Waals surface area contributed by atoms with Crippen LogP contribution in [0.25, 0.3) is 11.4 Å². The summed E-state index contributed by atoms with van der Waals surface area (Å²) in [6.45, 7) is 0. The summed E-state index contributed by atoms with van der Waals surface area (Å²) in [4.78, 5) is 14.7. The lowest BCUT2D eigenvalue weighted by molar-refractivity contribution is 0.368. The van der Waals surface area contributed by atoms with Crippen LogP contribution in [0.4, 0.5) is 15.8 Å². The summed E-state index contributed by atoms with van der Waals surface area (Å²) in [7, 11) is 3.46. The molecule has 0 saturated heterocycles. The maximum Gasteiger partial charge on any atom is 0.198 e. The van der Waals surface area contributed by atoms with Crippen molar-refractivity contribution in [1.82, 2.24) is 14.9 Å². The number of nitrogens with zero attached hydrogens (tertiary/aromatic N) is 5. The number of benzene rings is 2. The average Bonchev–Trinajstić information content (AvgIpc) is 2.82. The van der Waals surface area contributed by atoms with Gasteiger partial charge in [-0.15, -0.1) is 0 Å². The van der Waals surface area contributed by atoms with Crippen molar-refractivity contribution in [3.63, 3.8) is 0 Å². The predicted octanol–water partition coefficient (Wildman–Crippen LogP) is 3.83. The molecular weight excluding hydrogens is 409 g/mol. The smallest absolute Gasteiger partial charge is 0.198 e. The van der Waals surface area contributed by atoms with Gasteiger partial charge < -0.3 is 20.3 Å². The quantitative estimate of drug-likeness (QED) is 0.636. The standard InChI is InChI=1S/C23H20FN7O/c1-31-11-10-20(30-23(31)28-17-8-6-15(12-25)7-9-17)29-19-5-3-4-18(21(19)32-2)22-26-13-16(24)14-27-22/h3-11,13-14,23,28H,1-2H3,(H,29,30). The van der Waals surface area contributed by atoms with Gasteiger partial charge in [-0.2, -0.15) is 5.26 Å². The van der Waals surface area contributed by atoms with Crippen LogP contribution < -0.4 is 15.4 Å². The molecule has 1 unspecified atom stereocenters. The van der Waals surface area contributed by atoms with Gasteiger partial charge in [-0.25, -0.2) is 19.4 Å². The number of rotatable bonds is 5. The topological polar surface area (TPSA) is 98.5 Å². The van der Waals surface area contributed by atoms with Gasteiger partial charge in [-0.3, -0.25) is 0 Å². The highest BCUT2D eigenvalue weighted by molar-refractivity contribution is 6.05.